The van der Waals surface area contributed by atoms with E-state index in [0.717, 1.165) is 0 Å². The number of hydrogen-bond acceptors (Lipinski definition) is 2. The van der Waals surface area contributed by atoms with Crippen LogP contribution in [-0.4, -0.2) is 7.05 Å². The number of halogens is 2. The summed E-state index contributed by atoms with van der Waals surface area (Å²) in [5, 5.41) is 0. The van der Waals surface area contributed by atoms with Crippen molar-refractivity contribution in [3.05, 3.63) is 59.7 Å². The van der Waals surface area contributed by atoms with E-state index < -0.39 is 0 Å². The second-order valence-corrected chi connectivity index (χ2v) is 4.02. The van der Waals surface area contributed by atoms with Gasteiger partial charge in [0.15, 0.2) is 0 Å². The molecule has 0 aliphatic heterocycles. The molecule has 0 bridgehead atoms. The lowest BCUT2D eigenvalue weighted by atomic mass is 10.1. The SMILES string of the molecule is CN(c1cccc(F)c1)c1ccc(CN)c(F)c1. The van der Waals surface area contributed by atoms with E-state index in [2.05, 4.69) is 0 Å². The van der Waals surface area contributed by atoms with Gasteiger partial charge in [0.25, 0.3) is 0 Å². The summed E-state index contributed by atoms with van der Waals surface area (Å²) in [5.74, 6) is -0.670. The molecular weight excluding hydrogens is 234 g/mol. The Hall–Kier alpha value is -1.94. The highest BCUT2D eigenvalue weighted by atomic mass is 19.1. The Morgan fingerprint density at radius 2 is 1.78 bits per heavy atom. The van der Waals surface area contributed by atoms with E-state index in [0.29, 0.717) is 16.9 Å². The molecular formula is C14H14F2N2. The van der Waals surface area contributed by atoms with Crippen LogP contribution in [0.25, 0.3) is 0 Å². The Labute approximate surface area is 105 Å². The first kappa shape index (κ1) is 12.5. The van der Waals surface area contributed by atoms with Gasteiger partial charge in [-0.25, -0.2) is 8.78 Å². The Morgan fingerprint density at radius 1 is 1.06 bits per heavy atom. The summed E-state index contributed by atoms with van der Waals surface area (Å²) in [6.07, 6.45) is 0. The van der Waals surface area contributed by atoms with Crippen LogP contribution in [0.1, 0.15) is 5.56 Å². The summed E-state index contributed by atoms with van der Waals surface area (Å²) in [6, 6.07) is 10.9. The summed E-state index contributed by atoms with van der Waals surface area (Å²) in [7, 11) is 1.76. The summed E-state index contributed by atoms with van der Waals surface area (Å²) >= 11 is 0. The average molecular weight is 248 g/mol. The van der Waals surface area contributed by atoms with Crippen LogP contribution in [-0.2, 0) is 6.54 Å². The summed E-state index contributed by atoms with van der Waals surface area (Å²) in [5.41, 5.74) is 7.18. The quantitative estimate of drug-likeness (QED) is 0.903. The van der Waals surface area contributed by atoms with Crippen LogP contribution in [0.15, 0.2) is 42.5 Å². The van der Waals surface area contributed by atoms with E-state index in [-0.39, 0.29) is 18.2 Å². The zero-order valence-electron chi connectivity index (χ0n) is 10.0. The highest BCUT2D eigenvalue weighted by molar-refractivity contribution is 5.62. The molecule has 0 aliphatic rings. The molecule has 0 unspecified atom stereocenters. The van der Waals surface area contributed by atoms with Crippen LogP contribution in [0.2, 0.25) is 0 Å². The Bertz CT molecular complexity index is 555. The van der Waals surface area contributed by atoms with Crippen LogP contribution < -0.4 is 10.6 Å². The molecule has 2 N–H and O–H groups in total. The van der Waals surface area contributed by atoms with Crippen molar-refractivity contribution in [2.75, 3.05) is 11.9 Å². The molecule has 2 aromatic rings. The average Bonchev–Trinajstić information content (AvgIpc) is 2.37. The van der Waals surface area contributed by atoms with Gasteiger partial charge in [0, 0.05) is 30.5 Å². The minimum atomic E-state index is -0.349. The van der Waals surface area contributed by atoms with E-state index >= 15 is 0 Å². The van der Waals surface area contributed by atoms with E-state index in [1.807, 2.05) is 0 Å². The zero-order chi connectivity index (χ0) is 13.1. The Morgan fingerprint density at radius 3 is 2.39 bits per heavy atom. The minimum Gasteiger partial charge on any atom is -0.344 e. The van der Waals surface area contributed by atoms with Crippen LogP contribution in [0.5, 0.6) is 0 Å². The Balaban J connectivity index is 2.34. The van der Waals surface area contributed by atoms with Gasteiger partial charge in [-0.2, -0.15) is 0 Å². The van der Waals surface area contributed by atoms with Crippen molar-refractivity contribution in [2.45, 2.75) is 6.54 Å². The molecule has 4 heteroatoms. The lowest BCUT2D eigenvalue weighted by molar-refractivity contribution is 0.610. The molecule has 0 spiro atoms. The van der Waals surface area contributed by atoms with Crippen molar-refractivity contribution in [3.8, 4) is 0 Å². The largest absolute Gasteiger partial charge is 0.344 e. The monoisotopic (exact) mass is 248 g/mol. The third-order valence-electron chi connectivity index (χ3n) is 2.84. The van der Waals surface area contributed by atoms with Crippen molar-refractivity contribution >= 4 is 11.4 Å². The molecule has 94 valence electrons. The van der Waals surface area contributed by atoms with Crippen molar-refractivity contribution in [1.29, 1.82) is 0 Å². The van der Waals surface area contributed by atoms with Gasteiger partial charge < -0.3 is 10.6 Å². The second kappa shape index (κ2) is 5.14. The third-order valence-corrected chi connectivity index (χ3v) is 2.84. The van der Waals surface area contributed by atoms with E-state index in [4.69, 9.17) is 5.73 Å². The van der Waals surface area contributed by atoms with Gasteiger partial charge in [-0.3, -0.25) is 0 Å². The molecule has 18 heavy (non-hydrogen) atoms. The van der Waals surface area contributed by atoms with Crippen molar-refractivity contribution < 1.29 is 8.78 Å². The van der Waals surface area contributed by atoms with Gasteiger partial charge in [-0.1, -0.05) is 12.1 Å². The maximum Gasteiger partial charge on any atom is 0.129 e. The molecule has 0 aromatic heterocycles. The fraction of sp³-hybridized carbons (Fsp3) is 0.143. The molecule has 0 amide bonds. The van der Waals surface area contributed by atoms with Crippen molar-refractivity contribution in [3.63, 3.8) is 0 Å². The van der Waals surface area contributed by atoms with Gasteiger partial charge in [0.1, 0.15) is 11.6 Å². The smallest absolute Gasteiger partial charge is 0.129 e. The number of nitrogens with two attached hydrogens (primary N) is 1. The molecule has 0 aliphatic carbocycles. The standard InChI is InChI=1S/C14H14F2N2/c1-18(12-4-2-3-11(15)7-12)13-6-5-10(9-17)14(16)8-13/h2-8H,9,17H2,1H3. The van der Waals surface area contributed by atoms with Crippen molar-refractivity contribution in [2.24, 2.45) is 5.73 Å². The molecule has 2 aromatic carbocycles. The number of nitrogens with zero attached hydrogens (tertiary/aromatic N) is 1. The first-order valence-electron chi connectivity index (χ1n) is 5.59. The van der Waals surface area contributed by atoms with Crippen LogP contribution in [0.3, 0.4) is 0 Å². The van der Waals surface area contributed by atoms with Gasteiger partial charge in [-0.05, 0) is 30.3 Å². The van der Waals surface area contributed by atoms with Crippen LogP contribution in [0.4, 0.5) is 20.2 Å². The summed E-state index contributed by atoms with van der Waals surface area (Å²) in [4.78, 5) is 1.71. The molecule has 2 rings (SSSR count). The van der Waals surface area contributed by atoms with Gasteiger partial charge in [0.05, 0.1) is 0 Å². The minimum absolute atomic E-state index is 0.162. The fourth-order valence-corrected chi connectivity index (χ4v) is 1.74. The predicted octanol–water partition coefficient (Wildman–Crippen LogP) is 3.19. The summed E-state index contributed by atoms with van der Waals surface area (Å²) < 4.78 is 26.7. The van der Waals surface area contributed by atoms with E-state index in [9.17, 15) is 8.78 Å². The molecule has 0 atom stereocenters. The molecule has 0 saturated heterocycles. The lowest BCUT2D eigenvalue weighted by Gasteiger charge is -2.20. The summed E-state index contributed by atoms with van der Waals surface area (Å²) in [6.45, 7) is 0.162. The van der Waals surface area contributed by atoms with Gasteiger partial charge in [0.2, 0.25) is 0 Å². The lowest BCUT2D eigenvalue weighted by Crippen LogP contribution is -2.10. The van der Waals surface area contributed by atoms with E-state index in [1.165, 1.54) is 18.2 Å². The zero-order valence-corrected chi connectivity index (χ0v) is 10.0. The molecule has 2 nitrogen and oxygen atoms in total. The first-order chi connectivity index (χ1) is 8.61. The normalized spacial score (nSPS) is 10.4. The van der Waals surface area contributed by atoms with Crippen LogP contribution >= 0.6 is 0 Å². The van der Waals surface area contributed by atoms with Gasteiger partial charge in [-0.15, -0.1) is 0 Å². The predicted molar refractivity (Wildman–Crippen MR) is 68.8 cm³/mol. The molecule has 0 saturated carbocycles. The second-order valence-electron chi connectivity index (χ2n) is 4.02. The maximum atomic E-state index is 13.6. The highest BCUT2D eigenvalue weighted by Crippen LogP contribution is 2.25. The highest BCUT2D eigenvalue weighted by Gasteiger charge is 2.08. The van der Waals surface area contributed by atoms with Crippen molar-refractivity contribution in [1.82, 2.24) is 0 Å². The van der Waals surface area contributed by atoms with E-state index in [1.54, 1.807) is 36.2 Å². The Kier molecular flexibility index (Phi) is 3.58. The molecule has 0 radical (unpaired) electrons. The van der Waals surface area contributed by atoms with Crippen LogP contribution in [0, 0.1) is 11.6 Å². The number of hydrogen-bond donors (Lipinski definition) is 1. The number of benzene rings is 2. The molecule has 0 heterocycles. The molecule has 0 fully saturated rings. The van der Waals surface area contributed by atoms with Gasteiger partial charge >= 0.3 is 0 Å². The third kappa shape index (κ3) is 2.49. The number of rotatable bonds is 3. The first-order valence-corrected chi connectivity index (χ1v) is 5.59. The fourth-order valence-electron chi connectivity index (χ4n) is 1.74. The maximum absolute atomic E-state index is 13.6. The topological polar surface area (TPSA) is 29.3 Å². The number of anilines is 2.